The molecule has 0 fully saturated rings. The third kappa shape index (κ3) is 3.41. The number of nitrogen functional groups attached to an aromatic ring is 1. The number of urea groups is 1. The molecule has 2 amide bonds. The summed E-state index contributed by atoms with van der Waals surface area (Å²) in [5.74, 6) is 2.12. The van der Waals surface area contributed by atoms with E-state index in [4.69, 9.17) is 19.9 Å². The van der Waals surface area contributed by atoms with E-state index >= 15 is 0 Å². The van der Waals surface area contributed by atoms with Crippen LogP contribution in [0, 0.1) is 0 Å². The lowest BCUT2D eigenvalue weighted by molar-refractivity contribution is 0.250. The predicted octanol–water partition coefficient (Wildman–Crippen LogP) is 3.13. The maximum Gasteiger partial charge on any atom is 0.351 e. The number of hydrogen-bond acceptors (Lipinski definition) is 7. The third-order valence-corrected chi connectivity index (χ3v) is 4.68. The highest BCUT2D eigenvalue weighted by Gasteiger charge is 2.32. The van der Waals surface area contributed by atoms with Gasteiger partial charge in [-0.3, -0.25) is 4.90 Å². The molecule has 2 aromatic carbocycles. The minimum absolute atomic E-state index is 0.278. The van der Waals surface area contributed by atoms with Crippen LogP contribution in [0.3, 0.4) is 0 Å². The van der Waals surface area contributed by atoms with Crippen LogP contribution < -0.4 is 30.2 Å². The van der Waals surface area contributed by atoms with E-state index in [0.29, 0.717) is 40.0 Å². The van der Waals surface area contributed by atoms with Crippen LogP contribution in [0.5, 0.6) is 17.2 Å². The van der Waals surface area contributed by atoms with E-state index in [1.54, 1.807) is 38.6 Å². The second-order valence-corrected chi connectivity index (χ2v) is 6.54. The molecule has 0 unspecified atom stereocenters. The molecule has 153 valence electrons. The van der Waals surface area contributed by atoms with Crippen molar-refractivity contribution in [2.75, 3.05) is 32.0 Å². The van der Waals surface area contributed by atoms with Crippen molar-refractivity contribution >= 4 is 23.4 Å². The van der Waals surface area contributed by atoms with E-state index in [2.05, 4.69) is 15.3 Å². The van der Waals surface area contributed by atoms with Crippen LogP contribution in [0.2, 0.25) is 0 Å². The fraction of sp³-hybridized carbons (Fsp3) is 0.190. The predicted molar refractivity (Wildman–Crippen MR) is 111 cm³/mol. The van der Waals surface area contributed by atoms with Gasteiger partial charge in [-0.05, 0) is 29.8 Å². The summed E-state index contributed by atoms with van der Waals surface area (Å²) in [6.07, 6.45) is 1.56. The van der Waals surface area contributed by atoms with Gasteiger partial charge in [-0.2, -0.15) is 5.32 Å². The van der Waals surface area contributed by atoms with Crippen LogP contribution in [0.1, 0.15) is 5.56 Å². The molecule has 1 aliphatic heterocycles. The lowest BCUT2D eigenvalue weighted by Gasteiger charge is -2.16. The van der Waals surface area contributed by atoms with Gasteiger partial charge in [0.25, 0.3) is 0 Å². The number of methoxy groups -OCH3 is 3. The molecule has 1 radical (unpaired) electrons. The summed E-state index contributed by atoms with van der Waals surface area (Å²) in [6, 6.07) is 10.4. The van der Waals surface area contributed by atoms with Gasteiger partial charge in [0, 0.05) is 11.3 Å². The number of benzene rings is 2. The Morgan fingerprint density at radius 2 is 1.77 bits per heavy atom. The molecule has 2 N–H and O–H groups in total. The van der Waals surface area contributed by atoms with Crippen LogP contribution in [0.25, 0.3) is 11.3 Å². The topological polar surface area (TPSA) is 114 Å². The molecule has 1 aromatic heterocycles. The van der Waals surface area contributed by atoms with Crippen molar-refractivity contribution < 1.29 is 19.0 Å². The monoisotopic (exact) mass is 406 g/mol. The smallest absolute Gasteiger partial charge is 0.351 e. The van der Waals surface area contributed by atoms with E-state index in [1.165, 1.54) is 12.0 Å². The maximum absolute atomic E-state index is 12.4. The van der Waals surface area contributed by atoms with Gasteiger partial charge in [0.2, 0.25) is 11.6 Å². The molecular weight excluding hydrogens is 386 g/mol. The molecule has 0 saturated carbocycles. The second-order valence-electron chi connectivity index (χ2n) is 6.54. The zero-order valence-electron chi connectivity index (χ0n) is 16.7. The van der Waals surface area contributed by atoms with Gasteiger partial charge in [0.05, 0.1) is 39.8 Å². The van der Waals surface area contributed by atoms with Gasteiger partial charge < -0.3 is 19.9 Å². The highest BCUT2D eigenvalue weighted by molar-refractivity contribution is 6.02. The molecule has 1 aliphatic rings. The Labute approximate surface area is 173 Å². The van der Waals surface area contributed by atoms with Gasteiger partial charge in [-0.1, -0.05) is 12.1 Å². The van der Waals surface area contributed by atoms with Crippen LogP contribution in [0.4, 0.5) is 22.1 Å². The average molecular weight is 406 g/mol. The number of aromatic nitrogens is 2. The maximum atomic E-state index is 12.4. The molecule has 0 saturated heterocycles. The highest BCUT2D eigenvalue weighted by Crippen LogP contribution is 2.41. The molecule has 0 bridgehead atoms. The SMILES string of the molecule is COc1cc(-c2cnc3c(n2)N(Cc2cccc(N)c2)C(=O)[N]3)cc(OC)c1OC. The molecule has 4 rings (SSSR count). The average Bonchev–Trinajstić information content (AvgIpc) is 3.07. The van der Waals surface area contributed by atoms with E-state index in [9.17, 15) is 4.79 Å². The zero-order chi connectivity index (χ0) is 21.3. The number of carbonyl (C=O) groups excluding carboxylic acids is 1. The molecule has 0 aliphatic carbocycles. The Bertz CT molecular complexity index is 1090. The van der Waals surface area contributed by atoms with Crippen LogP contribution in [0.15, 0.2) is 42.6 Å². The van der Waals surface area contributed by atoms with E-state index in [0.717, 1.165) is 5.56 Å². The molecule has 0 atom stereocenters. The van der Waals surface area contributed by atoms with Gasteiger partial charge in [-0.25, -0.2) is 14.8 Å². The van der Waals surface area contributed by atoms with Crippen LogP contribution in [-0.2, 0) is 6.54 Å². The second kappa shape index (κ2) is 7.78. The first-order valence-electron chi connectivity index (χ1n) is 9.09. The van der Waals surface area contributed by atoms with Crippen molar-refractivity contribution in [2.45, 2.75) is 6.54 Å². The lowest BCUT2D eigenvalue weighted by atomic mass is 10.1. The number of fused-ring (bicyclic) bond motifs is 1. The third-order valence-electron chi connectivity index (χ3n) is 4.68. The summed E-state index contributed by atoms with van der Waals surface area (Å²) >= 11 is 0. The molecule has 9 nitrogen and oxygen atoms in total. The van der Waals surface area contributed by atoms with Crippen molar-refractivity contribution in [1.82, 2.24) is 15.3 Å². The largest absolute Gasteiger partial charge is 0.493 e. The van der Waals surface area contributed by atoms with Crippen LogP contribution in [-0.4, -0.2) is 37.3 Å². The highest BCUT2D eigenvalue weighted by atomic mass is 16.5. The van der Waals surface area contributed by atoms with Crippen molar-refractivity contribution in [3.8, 4) is 28.5 Å². The van der Waals surface area contributed by atoms with Gasteiger partial charge in [0.1, 0.15) is 0 Å². The summed E-state index contributed by atoms with van der Waals surface area (Å²) in [6.45, 7) is 0.285. The number of ether oxygens (including phenoxy) is 3. The first kappa shape index (κ1) is 19.3. The lowest BCUT2D eigenvalue weighted by Crippen LogP contribution is -2.28. The number of rotatable bonds is 6. The standard InChI is InChI=1S/C21H20N5O4/c1-28-16-8-13(9-17(29-2)18(16)30-3)15-10-23-19-20(24-15)26(21(27)25-19)11-12-5-4-6-14(22)7-12/h4-10H,11,22H2,1-3H3. The molecule has 30 heavy (non-hydrogen) atoms. The summed E-state index contributed by atoms with van der Waals surface area (Å²) in [4.78, 5) is 22.9. The van der Waals surface area contributed by atoms with Gasteiger partial charge in [-0.15, -0.1) is 0 Å². The fourth-order valence-corrected chi connectivity index (χ4v) is 3.26. The normalized spacial score (nSPS) is 12.4. The number of amides is 2. The Balaban J connectivity index is 1.74. The quantitative estimate of drug-likeness (QED) is 0.626. The molecule has 3 aromatic rings. The Morgan fingerprint density at radius 3 is 2.40 bits per heavy atom. The number of nitrogens with two attached hydrogens (primary N) is 1. The summed E-state index contributed by atoms with van der Waals surface area (Å²) in [5.41, 5.74) is 8.57. The molecular formula is C21H20N5O4. The summed E-state index contributed by atoms with van der Waals surface area (Å²) in [7, 11) is 4.62. The van der Waals surface area contributed by atoms with Crippen molar-refractivity contribution in [3.63, 3.8) is 0 Å². The first-order chi connectivity index (χ1) is 14.5. The molecule has 9 heteroatoms. The summed E-state index contributed by atoms with van der Waals surface area (Å²) in [5, 5.41) is 3.99. The molecule has 0 spiro atoms. The minimum Gasteiger partial charge on any atom is -0.493 e. The Hall–Kier alpha value is -4.01. The number of carbonyl (C=O) groups is 1. The zero-order valence-corrected chi connectivity index (χ0v) is 16.7. The molecule has 2 heterocycles. The Kier molecular flexibility index (Phi) is 5.01. The van der Waals surface area contributed by atoms with Gasteiger partial charge in [0.15, 0.2) is 17.3 Å². The van der Waals surface area contributed by atoms with E-state index < -0.39 is 6.03 Å². The fourth-order valence-electron chi connectivity index (χ4n) is 3.26. The number of hydrogen-bond donors (Lipinski definition) is 1. The van der Waals surface area contributed by atoms with E-state index in [1.807, 2.05) is 18.2 Å². The number of nitrogens with zero attached hydrogens (tertiary/aromatic N) is 4. The van der Waals surface area contributed by atoms with Crippen molar-refractivity contribution in [3.05, 3.63) is 48.2 Å². The van der Waals surface area contributed by atoms with Crippen molar-refractivity contribution in [2.24, 2.45) is 0 Å². The summed E-state index contributed by atoms with van der Waals surface area (Å²) < 4.78 is 16.2. The van der Waals surface area contributed by atoms with Crippen LogP contribution >= 0.6 is 0 Å². The number of anilines is 2. The van der Waals surface area contributed by atoms with Gasteiger partial charge >= 0.3 is 6.03 Å². The Morgan fingerprint density at radius 1 is 1.03 bits per heavy atom. The first-order valence-corrected chi connectivity index (χ1v) is 9.09. The van der Waals surface area contributed by atoms with E-state index in [-0.39, 0.29) is 12.4 Å². The van der Waals surface area contributed by atoms with Crippen molar-refractivity contribution in [1.29, 1.82) is 0 Å². The minimum atomic E-state index is -0.422.